The molecule has 0 bridgehead atoms. The van der Waals surface area contributed by atoms with Gasteiger partial charge in [-0.3, -0.25) is 0 Å². The fraction of sp³-hybridized carbons (Fsp3) is 0.600. The molecule has 1 aromatic carbocycles. The van der Waals surface area contributed by atoms with E-state index in [1.165, 1.54) is 50.8 Å². The van der Waals surface area contributed by atoms with E-state index in [1.807, 2.05) is 0 Å². The van der Waals surface area contributed by atoms with Gasteiger partial charge in [0.25, 0.3) is 0 Å². The van der Waals surface area contributed by atoms with E-state index < -0.39 is 0 Å². The van der Waals surface area contributed by atoms with Crippen molar-refractivity contribution >= 4 is 5.69 Å². The average molecular weight is 217 g/mol. The number of nitrogens with zero attached hydrogens (tertiary/aromatic N) is 1. The van der Waals surface area contributed by atoms with E-state index in [0.29, 0.717) is 0 Å². The van der Waals surface area contributed by atoms with Crippen molar-refractivity contribution in [2.75, 3.05) is 11.4 Å². The summed E-state index contributed by atoms with van der Waals surface area (Å²) in [4.78, 5) is 2.64. The lowest BCUT2D eigenvalue weighted by molar-refractivity contribution is 0.587. The monoisotopic (exact) mass is 217 g/mol. The van der Waals surface area contributed by atoms with Crippen LogP contribution in [0.4, 0.5) is 5.69 Å². The van der Waals surface area contributed by atoms with Crippen molar-refractivity contribution in [2.24, 2.45) is 0 Å². The Morgan fingerprint density at radius 3 is 2.44 bits per heavy atom. The number of hydrogen-bond donors (Lipinski definition) is 0. The van der Waals surface area contributed by atoms with Gasteiger partial charge in [-0.25, -0.2) is 0 Å². The fourth-order valence-electron chi connectivity index (χ4n) is 2.69. The van der Waals surface area contributed by atoms with Gasteiger partial charge < -0.3 is 4.90 Å². The Labute approximate surface area is 99.5 Å². The van der Waals surface area contributed by atoms with E-state index in [9.17, 15) is 0 Å². The third kappa shape index (κ3) is 2.78. The molecule has 0 atom stereocenters. The molecule has 0 N–H and O–H groups in total. The molecule has 16 heavy (non-hydrogen) atoms. The molecule has 1 fully saturated rings. The van der Waals surface area contributed by atoms with Gasteiger partial charge in [0.1, 0.15) is 0 Å². The van der Waals surface area contributed by atoms with Crippen LogP contribution >= 0.6 is 0 Å². The van der Waals surface area contributed by atoms with Crippen LogP contribution in [0.3, 0.4) is 0 Å². The molecule has 88 valence electrons. The molecule has 0 amide bonds. The zero-order chi connectivity index (χ0) is 11.2. The lowest BCUT2D eigenvalue weighted by Gasteiger charge is -2.31. The van der Waals surface area contributed by atoms with Gasteiger partial charge in [0, 0.05) is 18.3 Å². The Balaban J connectivity index is 2.07. The molecule has 1 aromatic rings. The molecular formula is C15H23N. The normalized spacial score (nSPS) is 16.6. The van der Waals surface area contributed by atoms with Crippen LogP contribution in [0.15, 0.2) is 30.3 Å². The summed E-state index contributed by atoms with van der Waals surface area (Å²) in [5.41, 5.74) is 1.42. The molecule has 1 saturated carbocycles. The van der Waals surface area contributed by atoms with Crippen LogP contribution in [0.2, 0.25) is 0 Å². The predicted molar refractivity (Wildman–Crippen MR) is 71.0 cm³/mol. The zero-order valence-corrected chi connectivity index (χ0v) is 10.4. The summed E-state index contributed by atoms with van der Waals surface area (Å²) in [5.74, 6) is 0. The first-order valence-electron chi connectivity index (χ1n) is 6.73. The summed E-state index contributed by atoms with van der Waals surface area (Å²) in [5, 5.41) is 0. The van der Waals surface area contributed by atoms with Gasteiger partial charge in [0.15, 0.2) is 0 Å². The van der Waals surface area contributed by atoms with Crippen molar-refractivity contribution in [2.45, 2.75) is 51.5 Å². The lowest BCUT2D eigenvalue weighted by atomic mass is 10.1. The standard InChI is InChI=1S/C15H23N/c1-2-3-13-16(15-11-7-8-12-15)14-9-5-4-6-10-14/h4-6,9-10,15H,2-3,7-8,11-13H2,1H3. The highest BCUT2D eigenvalue weighted by Crippen LogP contribution is 2.28. The number of anilines is 1. The molecule has 1 nitrogen and oxygen atoms in total. The van der Waals surface area contributed by atoms with Gasteiger partial charge in [-0.2, -0.15) is 0 Å². The van der Waals surface area contributed by atoms with Crippen LogP contribution in [0.5, 0.6) is 0 Å². The molecular weight excluding hydrogens is 194 g/mol. The van der Waals surface area contributed by atoms with Crippen LogP contribution < -0.4 is 4.90 Å². The topological polar surface area (TPSA) is 3.24 Å². The summed E-state index contributed by atoms with van der Waals surface area (Å²) in [6, 6.07) is 11.7. The van der Waals surface area contributed by atoms with E-state index >= 15 is 0 Å². The van der Waals surface area contributed by atoms with E-state index in [1.54, 1.807) is 0 Å². The highest BCUT2D eigenvalue weighted by Gasteiger charge is 2.21. The highest BCUT2D eigenvalue weighted by molar-refractivity contribution is 5.47. The second-order valence-electron chi connectivity index (χ2n) is 4.82. The third-order valence-electron chi connectivity index (χ3n) is 3.61. The predicted octanol–water partition coefficient (Wildman–Crippen LogP) is 4.24. The van der Waals surface area contributed by atoms with Gasteiger partial charge in [0.05, 0.1) is 0 Å². The minimum absolute atomic E-state index is 0.800. The smallest absolute Gasteiger partial charge is 0.0368 e. The lowest BCUT2D eigenvalue weighted by Crippen LogP contribution is -2.34. The maximum Gasteiger partial charge on any atom is 0.0368 e. The summed E-state index contributed by atoms with van der Waals surface area (Å²) in [6.45, 7) is 3.50. The molecule has 0 radical (unpaired) electrons. The van der Waals surface area contributed by atoms with Crippen molar-refractivity contribution in [1.29, 1.82) is 0 Å². The first kappa shape index (κ1) is 11.5. The molecule has 0 saturated heterocycles. The van der Waals surface area contributed by atoms with Crippen LogP contribution in [-0.2, 0) is 0 Å². The number of rotatable bonds is 5. The van der Waals surface area contributed by atoms with Crippen molar-refractivity contribution < 1.29 is 0 Å². The molecule has 0 aromatic heterocycles. The van der Waals surface area contributed by atoms with Gasteiger partial charge in [-0.05, 0) is 31.4 Å². The van der Waals surface area contributed by atoms with E-state index in [4.69, 9.17) is 0 Å². The molecule has 2 rings (SSSR count). The van der Waals surface area contributed by atoms with E-state index in [0.717, 1.165) is 6.04 Å². The van der Waals surface area contributed by atoms with Gasteiger partial charge in [-0.15, -0.1) is 0 Å². The molecule has 0 aliphatic heterocycles. The van der Waals surface area contributed by atoms with Crippen molar-refractivity contribution in [3.05, 3.63) is 30.3 Å². The van der Waals surface area contributed by atoms with E-state index in [2.05, 4.69) is 42.2 Å². The zero-order valence-electron chi connectivity index (χ0n) is 10.4. The van der Waals surface area contributed by atoms with Gasteiger partial charge in [0.2, 0.25) is 0 Å². The van der Waals surface area contributed by atoms with Gasteiger partial charge in [-0.1, -0.05) is 44.4 Å². The molecule has 0 unspecified atom stereocenters. The Kier molecular flexibility index (Phi) is 4.26. The maximum absolute atomic E-state index is 2.64. The minimum Gasteiger partial charge on any atom is -0.369 e. The number of hydrogen-bond acceptors (Lipinski definition) is 1. The third-order valence-corrected chi connectivity index (χ3v) is 3.61. The van der Waals surface area contributed by atoms with Crippen LogP contribution in [0.1, 0.15) is 45.4 Å². The molecule has 1 heteroatoms. The van der Waals surface area contributed by atoms with Crippen molar-refractivity contribution in [3.63, 3.8) is 0 Å². The van der Waals surface area contributed by atoms with Crippen LogP contribution in [0, 0.1) is 0 Å². The fourth-order valence-corrected chi connectivity index (χ4v) is 2.69. The summed E-state index contributed by atoms with van der Waals surface area (Å²) < 4.78 is 0. The average Bonchev–Trinajstić information content (AvgIpc) is 2.85. The van der Waals surface area contributed by atoms with E-state index in [-0.39, 0.29) is 0 Å². The Morgan fingerprint density at radius 2 is 1.81 bits per heavy atom. The van der Waals surface area contributed by atoms with Crippen LogP contribution in [0.25, 0.3) is 0 Å². The summed E-state index contributed by atoms with van der Waals surface area (Å²) in [6.07, 6.45) is 8.21. The highest BCUT2D eigenvalue weighted by atomic mass is 15.2. The molecule has 1 aliphatic carbocycles. The molecule has 1 aliphatic rings. The summed E-state index contributed by atoms with van der Waals surface area (Å²) >= 11 is 0. The van der Waals surface area contributed by atoms with Crippen LogP contribution in [-0.4, -0.2) is 12.6 Å². The number of benzene rings is 1. The Bertz CT molecular complexity index is 288. The van der Waals surface area contributed by atoms with Gasteiger partial charge >= 0.3 is 0 Å². The molecule has 0 heterocycles. The Morgan fingerprint density at radius 1 is 1.12 bits per heavy atom. The molecule has 0 spiro atoms. The minimum atomic E-state index is 0.800. The SMILES string of the molecule is CCCCN(c1ccccc1)C1CCCC1. The van der Waals surface area contributed by atoms with Crippen molar-refractivity contribution in [1.82, 2.24) is 0 Å². The first-order chi connectivity index (χ1) is 7.92. The number of unbranched alkanes of at least 4 members (excludes halogenated alkanes) is 1. The van der Waals surface area contributed by atoms with Crippen molar-refractivity contribution in [3.8, 4) is 0 Å². The Hall–Kier alpha value is -0.980. The second kappa shape index (κ2) is 5.93. The largest absolute Gasteiger partial charge is 0.369 e. The maximum atomic E-state index is 2.64. The summed E-state index contributed by atoms with van der Waals surface area (Å²) in [7, 11) is 0. The number of para-hydroxylation sites is 1. The quantitative estimate of drug-likeness (QED) is 0.713. The first-order valence-corrected chi connectivity index (χ1v) is 6.73. The second-order valence-corrected chi connectivity index (χ2v) is 4.82.